The second kappa shape index (κ2) is 5.60. The van der Waals surface area contributed by atoms with Gasteiger partial charge in [0.15, 0.2) is 0 Å². The number of hydrogen-bond donors (Lipinski definition) is 1. The molecule has 0 atom stereocenters. The van der Waals surface area contributed by atoms with E-state index in [4.69, 9.17) is 11.6 Å². The Balaban J connectivity index is 1.87. The van der Waals surface area contributed by atoms with Gasteiger partial charge >= 0.3 is 0 Å². The van der Waals surface area contributed by atoms with Crippen LogP contribution in [0.25, 0.3) is 0 Å². The lowest BCUT2D eigenvalue weighted by molar-refractivity contribution is -0.127. The monoisotopic (exact) mass is 257 g/mol. The van der Waals surface area contributed by atoms with E-state index < -0.39 is 0 Å². The van der Waals surface area contributed by atoms with Crippen LogP contribution >= 0.6 is 11.6 Å². The van der Waals surface area contributed by atoms with Crippen molar-refractivity contribution in [2.24, 2.45) is 11.8 Å². The van der Waals surface area contributed by atoms with Gasteiger partial charge in [0.1, 0.15) is 0 Å². The van der Waals surface area contributed by atoms with Crippen LogP contribution in [0.1, 0.15) is 58.3 Å². The maximum absolute atomic E-state index is 12.3. The van der Waals surface area contributed by atoms with Crippen LogP contribution in [0.4, 0.5) is 0 Å². The first-order valence-corrected chi connectivity index (χ1v) is 7.57. The van der Waals surface area contributed by atoms with Crippen LogP contribution in [0, 0.1) is 11.8 Å². The fourth-order valence-electron chi connectivity index (χ4n) is 3.23. The van der Waals surface area contributed by atoms with Crippen LogP contribution in [0.3, 0.4) is 0 Å². The van der Waals surface area contributed by atoms with Crippen molar-refractivity contribution in [3.8, 4) is 0 Å². The third kappa shape index (κ3) is 3.15. The van der Waals surface area contributed by atoms with Gasteiger partial charge in [0.2, 0.25) is 5.91 Å². The van der Waals surface area contributed by atoms with Crippen LogP contribution in [-0.4, -0.2) is 17.3 Å². The Bertz CT molecular complexity index is 265. The van der Waals surface area contributed by atoms with Crippen LogP contribution < -0.4 is 5.32 Å². The van der Waals surface area contributed by atoms with E-state index in [9.17, 15) is 4.79 Å². The Labute approximate surface area is 109 Å². The zero-order valence-corrected chi connectivity index (χ0v) is 11.6. The number of rotatable bonds is 3. The largest absolute Gasteiger partial charge is 0.349 e. The molecule has 3 heteroatoms. The van der Waals surface area contributed by atoms with Crippen molar-refractivity contribution >= 4 is 17.5 Å². The molecule has 2 aliphatic carbocycles. The molecular formula is C14H24ClNO. The van der Waals surface area contributed by atoms with Crippen molar-refractivity contribution in [3.63, 3.8) is 0 Å². The molecule has 2 fully saturated rings. The molecule has 0 unspecified atom stereocenters. The minimum Gasteiger partial charge on any atom is -0.349 e. The molecule has 0 heterocycles. The molecule has 1 amide bonds. The topological polar surface area (TPSA) is 29.1 Å². The van der Waals surface area contributed by atoms with Gasteiger partial charge in [-0.1, -0.05) is 19.8 Å². The number of alkyl halides is 1. The maximum Gasteiger partial charge on any atom is 0.223 e. The zero-order chi connectivity index (χ0) is 12.3. The highest BCUT2D eigenvalue weighted by Gasteiger charge is 2.36. The standard InChI is InChI=1S/C14H24ClNO/c1-11-4-6-12(7-5-11)13(17)16-14(10-15)8-2-3-9-14/h11-12H,2-10H2,1H3,(H,16,17). The first-order valence-electron chi connectivity index (χ1n) is 7.03. The van der Waals surface area contributed by atoms with Crippen molar-refractivity contribution < 1.29 is 4.79 Å². The van der Waals surface area contributed by atoms with E-state index in [2.05, 4.69) is 12.2 Å². The molecule has 17 heavy (non-hydrogen) atoms. The number of carbonyl (C=O) groups excluding carboxylic acids is 1. The summed E-state index contributed by atoms with van der Waals surface area (Å²) in [4.78, 5) is 12.3. The lowest BCUT2D eigenvalue weighted by Gasteiger charge is -2.32. The predicted molar refractivity (Wildman–Crippen MR) is 71.2 cm³/mol. The average molecular weight is 258 g/mol. The Morgan fingerprint density at radius 1 is 1.24 bits per heavy atom. The SMILES string of the molecule is CC1CCC(C(=O)NC2(CCl)CCCC2)CC1. The van der Waals surface area contributed by atoms with Crippen LogP contribution in [0.2, 0.25) is 0 Å². The van der Waals surface area contributed by atoms with Gasteiger partial charge in [0.25, 0.3) is 0 Å². The molecule has 2 saturated carbocycles. The first kappa shape index (κ1) is 13.2. The van der Waals surface area contributed by atoms with Crippen molar-refractivity contribution in [1.82, 2.24) is 5.32 Å². The highest BCUT2D eigenvalue weighted by molar-refractivity contribution is 6.18. The summed E-state index contributed by atoms with van der Waals surface area (Å²) in [5.41, 5.74) is -0.0816. The van der Waals surface area contributed by atoms with Gasteiger partial charge in [-0.3, -0.25) is 4.79 Å². The Hall–Kier alpha value is -0.240. The van der Waals surface area contributed by atoms with Gasteiger partial charge < -0.3 is 5.32 Å². The molecule has 0 aromatic carbocycles. The van der Waals surface area contributed by atoms with Crippen molar-refractivity contribution in [2.75, 3.05) is 5.88 Å². The normalized spacial score (nSPS) is 32.4. The van der Waals surface area contributed by atoms with Crippen molar-refractivity contribution in [3.05, 3.63) is 0 Å². The second-order valence-electron chi connectivity index (χ2n) is 6.07. The molecule has 0 saturated heterocycles. The summed E-state index contributed by atoms with van der Waals surface area (Å²) < 4.78 is 0. The lowest BCUT2D eigenvalue weighted by atomic mass is 9.82. The minimum absolute atomic E-state index is 0.0816. The molecule has 2 aliphatic rings. The van der Waals surface area contributed by atoms with Crippen LogP contribution in [0.5, 0.6) is 0 Å². The molecule has 0 bridgehead atoms. The van der Waals surface area contributed by atoms with E-state index in [-0.39, 0.29) is 17.4 Å². The highest BCUT2D eigenvalue weighted by atomic mass is 35.5. The minimum atomic E-state index is -0.0816. The fourth-order valence-corrected chi connectivity index (χ4v) is 3.56. The maximum atomic E-state index is 12.3. The molecular weight excluding hydrogens is 234 g/mol. The third-order valence-electron chi connectivity index (χ3n) is 4.59. The Morgan fingerprint density at radius 3 is 2.35 bits per heavy atom. The van der Waals surface area contributed by atoms with Gasteiger partial charge in [-0.25, -0.2) is 0 Å². The fraction of sp³-hybridized carbons (Fsp3) is 0.929. The van der Waals surface area contributed by atoms with Crippen LogP contribution in [-0.2, 0) is 4.79 Å². The van der Waals surface area contributed by atoms with E-state index in [1.807, 2.05) is 0 Å². The molecule has 0 aromatic heterocycles. The van der Waals surface area contributed by atoms with E-state index in [0.717, 1.165) is 31.6 Å². The van der Waals surface area contributed by atoms with Gasteiger partial charge in [0, 0.05) is 11.8 Å². The quantitative estimate of drug-likeness (QED) is 0.771. The van der Waals surface area contributed by atoms with E-state index in [1.54, 1.807) is 0 Å². The number of carbonyl (C=O) groups is 1. The lowest BCUT2D eigenvalue weighted by Crippen LogP contribution is -2.50. The van der Waals surface area contributed by atoms with E-state index in [0.29, 0.717) is 5.88 Å². The summed E-state index contributed by atoms with van der Waals surface area (Å²) in [6.45, 7) is 2.28. The molecule has 0 aromatic rings. The van der Waals surface area contributed by atoms with Gasteiger partial charge in [-0.15, -0.1) is 11.6 Å². The van der Waals surface area contributed by atoms with Crippen LogP contribution in [0.15, 0.2) is 0 Å². The number of halogens is 1. The zero-order valence-electron chi connectivity index (χ0n) is 10.8. The molecule has 0 aliphatic heterocycles. The van der Waals surface area contributed by atoms with Crippen molar-refractivity contribution in [1.29, 1.82) is 0 Å². The van der Waals surface area contributed by atoms with Gasteiger partial charge in [-0.05, 0) is 44.4 Å². The van der Waals surface area contributed by atoms with E-state index in [1.165, 1.54) is 25.7 Å². The smallest absolute Gasteiger partial charge is 0.223 e. The third-order valence-corrected chi connectivity index (χ3v) is 5.10. The molecule has 2 rings (SSSR count). The van der Waals surface area contributed by atoms with Gasteiger partial charge in [-0.2, -0.15) is 0 Å². The molecule has 98 valence electrons. The molecule has 0 spiro atoms. The molecule has 2 nitrogen and oxygen atoms in total. The van der Waals surface area contributed by atoms with Gasteiger partial charge in [0.05, 0.1) is 5.54 Å². The highest BCUT2D eigenvalue weighted by Crippen LogP contribution is 2.33. The summed E-state index contributed by atoms with van der Waals surface area (Å²) in [7, 11) is 0. The summed E-state index contributed by atoms with van der Waals surface area (Å²) in [5.74, 6) is 1.88. The number of hydrogen-bond acceptors (Lipinski definition) is 1. The molecule has 1 N–H and O–H groups in total. The Kier molecular flexibility index (Phi) is 4.35. The average Bonchev–Trinajstić information content (AvgIpc) is 2.79. The Morgan fingerprint density at radius 2 is 1.82 bits per heavy atom. The second-order valence-corrected chi connectivity index (χ2v) is 6.33. The molecule has 0 radical (unpaired) electrons. The first-order chi connectivity index (χ1) is 8.15. The predicted octanol–water partition coefficient (Wildman–Crippen LogP) is 3.48. The summed E-state index contributed by atoms with van der Waals surface area (Å²) in [6.07, 6.45) is 9.05. The van der Waals surface area contributed by atoms with E-state index >= 15 is 0 Å². The summed E-state index contributed by atoms with van der Waals surface area (Å²) in [5, 5.41) is 3.26. The summed E-state index contributed by atoms with van der Waals surface area (Å²) >= 11 is 6.06. The number of amides is 1. The number of nitrogens with one attached hydrogen (secondary N) is 1. The van der Waals surface area contributed by atoms with Crippen molar-refractivity contribution in [2.45, 2.75) is 63.8 Å². The summed E-state index contributed by atoms with van der Waals surface area (Å²) in [6, 6.07) is 0.